The van der Waals surface area contributed by atoms with E-state index in [9.17, 15) is 39.6 Å². The van der Waals surface area contributed by atoms with Gasteiger partial charge in [-0.3, -0.25) is 9.80 Å². The van der Waals surface area contributed by atoms with Crippen molar-refractivity contribution in [3.05, 3.63) is 0 Å². The van der Waals surface area contributed by atoms with Crippen LogP contribution in [0, 0.1) is 0 Å². The summed E-state index contributed by atoms with van der Waals surface area (Å²) in [6.45, 7) is -3.77. The maximum absolute atomic E-state index is 10.5. The molecule has 0 aromatic carbocycles. The second kappa shape index (κ2) is 23.3. The fourth-order valence-corrected chi connectivity index (χ4v) is 1.80. The summed E-state index contributed by atoms with van der Waals surface area (Å²) in [6.07, 6.45) is 0. The van der Waals surface area contributed by atoms with Gasteiger partial charge in [-0.1, -0.05) is 0 Å². The van der Waals surface area contributed by atoms with E-state index >= 15 is 0 Å². The fourth-order valence-electron chi connectivity index (χ4n) is 1.46. The van der Waals surface area contributed by atoms with Crippen LogP contribution in [0.5, 0.6) is 0 Å². The van der Waals surface area contributed by atoms with Crippen LogP contribution in [0.2, 0.25) is 0 Å². The van der Waals surface area contributed by atoms with Crippen LogP contribution in [-0.2, 0) is 19.2 Å². The minimum Gasteiger partial charge on any atom is -0.549 e. The molecule has 0 aliphatic carbocycles. The molecule has 15 heteroatoms. The molecular formula is C10H11ClK4N2O8. The normalized spacial score (nSPS) is 10.4. The Morgan fingerprint density at radius 2 is 0.960 bits per heavy atom. The first kappa shape index (κ1) is 40.0. The second-order valence-corrected chi connectivity index (χ2v) is 4.50. The molecule has 0 radical (unpaired) electrons. The van der Waals surface area contributed by atoms with Crippen molar-refractivity contribution in [3.8, 4) is 0 Å². The Morgan fingerprint density at radius 3 is 1.20 bits per heavy atom. The standard InChI is InChI=1S/C10H15ClN2O8.4K/c11-6(13(4-9(18)19)5-10(20)21)1-12(2-7(14)15)3-8(16)17;;;;/h6H,1-5H2,(H,14,15)(H,16,17)(H,18,19)(H,20,21);;;;/q;4*+1/p-4. The molecule has 0 aromatic rings. The Kier molecular flexibility index (Phi) is 37.3. The summed E-state index contributed by atoms with van der Waals surface area (Å²) < 4.78 is 0. The van der Waals surface area contributed by atoms with Crippen molar-refractivity contribution in [2.45, 2.75) is 5.50 Å². The number of carboxylic acid groups (broad SMARTS) is 4. The first-order chi connectivity index (χ1) is 9.61. The molecule has 0 rings (SSSR count). The van der Waals surface area contributed by atoms with Crippen molar-refractivity contribution in [2.75, 3.05) is 32.7 Å². The molecular weight excluding hydrogens is 468 g/mol. The van der Waals surface area contributed by atoms with Crippen LogP contribution in [0.3, 0.4) is 0 Å². The summed E-state index contributed by atoms with van der Waals surface area (Å²) in [5.74, 6) is -6.42. The minimum absolute atomic E-state index is 0. The smallest absolute Gasteiger partial charge is 0.549 e. The largest absolute Gasteiger partial charge is 1.00 e. The number of aliphatic carboxylic acids is 4. The number of rotatable bonds is 11. The Bertz CT molecular complexity index is 400. The number of carbonyl (C=O) groups excluding carboxylic acids is 4. The Morgan fingerprint density at radius 1 is 0.680 bits per heavy atom. The zero-order chi connectivity index (χ0) is 16.6. The van der Waals surface area contributed by atoms with E-state index < -0.39 is 62.1 Å². The van der Waals surface area contributed by atoms with Crippen LogP contribution >= 0.6 is 11.6 Å². The number of carbonyl (C=O) groups is 4. The topological polar surface area (TPSA) is 167 Å². The zero-order valence-electron chi connectivity index (χ0n) is 14.7. The molecule has 0 amide bonds. The fraction of sp³-hybridized carbons (Fsp3) is 0.600. The van der Waals surface area contributed by atoms with Gasteiger partial charge in [0.05, 0.1) is 29.4 Å². The molecule has 0 N–H and O–H groups in total. The van der Waals surface area contributed by atoms with Gasteiger partial charge in [0.25, 0.3) is 0 Å². The van der Waals surface area contributed by atoms with E-state index in [1.807, 2.05) is 0 Å². The molecule has 0 aromatic heterocycles. The second-order valence-electron chi connectivity index (χ2n) is 4.00. The van der Waals surface area contributed by atoms with Crippen LogP contribution in [0.25, 0.3) is 0 Å². The number of alkyl halides is 1. The van der Waals surface area contributed by atoms with E-state index in [-0.39, 0.29) is 206 Å². The van der Waals surface area contributed by atoms with Crippen LogP contribution in [-0.4, -0.2) is 71.9 Å². The summed E-state index contributed by atoms with van der Waals surface area (Å²) in [7, 11) is 0. The van der Waals surface area contributed by atoms with Crippen molar-refractivity contribution in [1.29, 1.82) is 0 Å². The van der Waals surface area contributed by atoms with Crippen molar-refractivity contribution in [2.24, 2.45) is 0 Å². The van der Waals surface area contributed by atoms with Gasteiger partial charge in [0.2, 0.25) is 0 Å². The van der Waals surface area contributed by atoms with Gasteiger partial charge in [0, 0.05) is 32.7 Å². The third-order valence-corrected chi connectivity index (χ3v) is 2.59. The molecule has 25 heavy (non-hydrogen) atoms. The third-order valence-electron chi connectivity index (χ3n) is 2.17. The number of carboxylic acids is 4. The summed E-state index contributed by atoms with van der Waals surface area (Å²) >= 11 is 5.77. The molecule has 0 bridgehead atoms. The summed E-state index contributed by atoms with van der Waals surface area (Å²) in [4.78, 5) is 43.4. The van der Waals surface area contributed by atoms with E-state index in [1.54, 1.807) is 0 Å². The number of hydrogen-bond acceptors (Lipinski definition) is 10. The third kappa shape index (κ3) is 24.8. The van der Waals surface area contributed by atoms with Gasteiger partial charge >= 0.3 is 206 Å². The monoisotopic (exact) mass is 478 g/mol. The first-order valence-corrected chi connectivity index (χ1v) is 5.95. The van der Waals surface area contributed by atoms with Crippen LogP contribution in [0.15, 0.2) is 0 Å². The average molecular weight is 479 g/mol. The van der Waals surface area contributed by atoms with Crippen LogP contribution in [0.4, 0.5) is 0 Å². The van der Waals surface area contributed by atoms with Gasteiger partial charge in [-0.25, -0.2) is 0 Å². The van der Waals surface area contributed by atoms with E-state index in [1.165, 1.54) is 0 Å². The summed E-state index contributed by atoms with van der Waals surface area (Å²) in [5.41, 5.74) is -1.31. The van der Waals surface area contributed by atoms with E-state index in [4.69, 9.17) is 11.6 Å². The molecule has 0 heterocycles. The first-order valence-electron chi connectivity index (χ1n) is 5.51. The van der Waals surface area contributed by atoms with Gasteiger partial charge in [0.1, 0.15) is 0 Å². The number of halogens is 1. The number of nitrogens with zero attached hydrogens (tertiary/aromatic N) is 2. The molecule has 0 aliphatic heterocycles. The molecule has 0 saturated carbocycles. The zero-order valence-corrected chi connectivity index (χ0v) is 27.9. The maximum atomic E-state index is 10.5. The van der Waals surface area contributed by atoms with Gasteiger partial charge in [0.15, 0.2) is 0 Å². The van der Waals surface area contributed by atoms with Crippen molar-refractivity contribution in [1.82, 2.24) is 9.80 Å². The van der Waals surface area contributed by atoms with Gasteiger partial charge in [-0.05, 0) is 0 Å². The molecule has 0 aliphatic rings. The quantitative estimate of drug-likeness (QED) is 0.158. The molecule has 1 atom stereocenters. The van der Waals surface area contributed by atoms with Gasteiger partial charge in [-0.15, -0.1) is 11.6 Å². The molecule has 120 valence electrons. The van der Waals surface area contributed by atoms with Crippen LogP contribution < -0.4 is 226 Å². The van der Waals surface area contributed by atoms with Crippen molar-refractivity contribution >= 4 is 35.5 Å². The van der Waals surface area contributed by atoms with Gasteiger partial charge in [-0.2, -0.15) is 0 Å². The molecule has 0 spiro atoms. The SMILES string of the molecule is O=C([O-])CN(CC(=O)[O-])CC(Cl)N(CC(=O)[O-])CC(=O)[O-].[K+].[K+].[K+].[K+]. The van der Waals surface area contributed by atoms with Crippen LogP contribution in [0.1, 0.15) is 0 Å². The predicted molar refractivity (Wildman–Crippen MR) is 57.7 cm³/mol. The molecule has 10 nitrogen and oxygen atoms in total. The number of hydrogen-bond donors (Lipinski definition) is 0. The van der Waals surface area contributed by atoms with E-state index in [0.29, 0.717) is 4.90 Å². The molecule has 0 fully saturated rings. The van der Waals surface area contributed by atoms with E-state index in [0.717, 1.165) is 4.90 Å². The van der Waals surface area contributed by atoms with Crippen molar-refractivity contribution < 1.29 is 245 Å². The molecule has 1 unspecified atom stereocenters. The Hall–Kier alpha value is 4.64. The average Bonchev–Trinajstić information content (AvgIpc) is 2.24. The minimum atomic E-state index is -1.62. The predicted octanol–water partition coefficient (Wildman–Crippen LogP) is -18.8. The summed E-state index contributed by atoms with van der Waals surface area (Å²) in [6, 6.07) is 0. The van der Waals surface area contributed by atoms with E-state index in [2.05, 4.69) is 0 Å². The van der Waals surface area contributed by atoms with Crippen molar-refractivity contribution in [3.63, 3.8) is 0 Å². The molecule has 0 saturated heterocycles. The Balaban J connectivity index is -0.000000333. The Labute approximate surface area is 319 Å². The van der Waals surface area contributed by atoms with Gasteiger partial charge < -0.3 is 39.6 Å². The summed E-state index contributed by atoms with van der Waals surface area (Å²) in [5, 5.41) is 41.9. The maximum Gasteiger partial charge on any atom is 1.00 e.